The molecule has 1 saturated heterocycles. The van der Waals surface area contributed by atoms with Gasteiger partial charge < -0.3 is 5.73 Å². The van der Waals surface area contributed by atoms with E-state index in [4.69, 9.17) is 11.0 Å². The van der Waals surface area contributed by atoms with Gasteiger partial charge in [0.05, 0.1) is 17.4 Å². The van der Waals surface area contributed by atoms with Crippen molar-refractivity contribution >= 4 is 22.4 Å². The van der Waals surface area contributed by atoms with Gasteiger partial charge in [-0.1, -0.05) is 19.1 Å². The van der Waals surface area contributed by atoms with Gasteiger partial charge in [-0.2, -0.15) is 9.57 Å². The highest BCUT2D eigenvalue weighted by Gasteiger charge is 2.34. The van der Waals surface area contributed by atoms with E-state index in [0.29, 0.717) is 24.2 Å². The standard InChI is InChI=1S/C13H17N3O2S.ClH/c1-10-7-16(8-13(10)15)19(17,18)9-12-4-2-3-11(5-12)6-14;/h2-5,10,13H,7-9,15H2,1H3;1H. The van der Waals surface area contributed by atoms with Crippen LogP contribution in [0.2, 0.25) is 0 Å². The Morgan fingerprint density at radius 3 is 2.70 bits per heavy atom. The molecule has 5 nitrogen and oxygen atoms in total. The number of hydrogen-bond acceptors (Lipinski definition) is 4. The Bertz CT molecular complexity index is 602. The van der Waals surface area contributed by atoms with E-state index < -0.39 is 10.0 Å². The molecule has 1 aromatic rings. The van der Waals surface area contributed by atoms with Gasteiger partial charge >= 0.3 is 0 Å². The summed E-state index contributed by atoms with van der Waals surface area (Å²) in [7, 11) is -3.36. The van der Waals surface area contributed by atoms with Crippen molar-refractivity contribution in [3.05, 3.63) is 35.4 Å². The molecule has 110 valence electrons. The first-order chi connectivity index (χ1) is 8.92. The van der Waals surface area contributed by atoms with Gasteiger partial charge in [0.25, 0.3) is 0 Å². The lowest BCUT2D eigenvalue weighted by molar-refractivity contribution is 0.463. The van der Waals surface area contributed by atoms with Crippen LogP contribution in [0.25, 0.3) is 0 Å². The summed E-state index contributed by atoms with van der Waals surface area (Å²) in [4.78, 5) is 0. The molecule has 7 heteroatoms. The van der Waals surface area contributed by atoms with Crippen LogP contribution in [0.4, 0.5) is 0 Å². The zero-order valence-corrected chi connectivity index (χ0v) is 12.8. The quantitative estimate of drug-likeness (QED) is 0.904. The number of halogens is 1. The lowest BCUT2D eigenvalue weighted by Crippen LogP contribution is -2.33. The van der Waals surface area contributed by atoms with E-state index in [1.165, 1.54) is 4.31 Å². The SMILES string of the molecule is CC1CN(S(=O)(=O)Cc2cccc(C#N)c2)CC1N.Cl. The van der Waals surface area contributed by atoms with E-state index in [9.17, 15) is 8.42 Å². The van der Waals surface area contributed by atoms with E-state index in [-0.39, 0.29) is 30.1 Å². The second-order valence-electron chi connectivity index (χ2n) is 5.03. The third-order valence-corrected chi connectivity index (χ3v) is 5.22. The summed E-state index contributed by atoms with van der Waals surface area (Å²) < 4.78 is 26.0. The van der Waals surface area contributed by atoms with Crippen molar-refractivity contribution < 1.29 is 8.42 Å². The van der Waals surface area contributed by atoms with Crippen molar-refractivity contribution in [2.45, 2.75) is 18.7 Å². The predicted molar refractivity (Wildman–Crippen MR) is 79.7 cm³/mol. The van der Waals surface area contributed by atoms with E-state index >= 15 is 0 Å². The van der Waals surface area contributed by atoms with Gasteiger partial charge in [0, 0.05) is 19.1 Å². The Hall–Kier alpha value is -1.13. The van der Waals surface area contributed by atoms with Crippen LogP contribution in [0.5, 0.6) is 0 Å². The van der Waals surface area contributed by atoms with Gasteiger partial charge in [-0.05, 0) is 23.6 Å². The topological polar surface area (TPSA) is 87.2 Å². The van der Waals surface area contributed by atoms with Gasteiger partial charge in [-0.15, -0.1) is 12.4 Å². The van der Waals surface area contributed by atoms with Gasteiger partial charge in [0.15, 0.2) is 0 Å². The fraction of sp³-hybridized carbons (Fsp3) is 0.462. The molecule has 2 unspecified atom stereocenters. The second kappa shape index (κ2) is 6.55. The summed E-state index contributed by atoms with van der Waals surface area (Å²) in [6.07, 6.45) is 0. The van der Waals surface area contributed by atoms with Crippen LogP contribution >= 0.6 is 12.4 Å². The molecule has 0 radical (unpaired) electrons. The molecular weight excluding hydrogens is 298 g/mol. The average molecular weight is 316 g/mol. The molecule has 1 heterocycles. The molecule has 0 amide bonds. The highest BCUT2D eigenvalue weighted by Crippen LogP contribution is 2.21. The Balaban J connectivity index is 0.00000200. The van der Waals surface area contributed by atoms with Crippen molar-refractivity contribution in [3.63, 3.8) is 0 Å². The van der Waals surface area contributed by atoms with Gasteiger partial charge in [-0.3, -0.25) is 0 Å². The summed E-state index contributed by atoms with van der Waals surface area (Å²) >= 11 is 0. The fourth-order valence-electron chi connectivity index (χ4n) is 2.21. The maximum absolute atomic E-state index is 12.3. The molecule has 0 spiro atoms. The van der Waals surface area contributed by atoms with Crippen molar-refractivity contribution in [2.24, 2.45) is 11.7 Å². The third kappa shape index (κ3) is 3.70. The van der Waals surface area contributed by atoms with Crippen LogP contribution in [-0.2, 0) is 15.8 Å². The van der Waals surface area contributed by atoms with E-state index in [0.717, 1.165) is 0 Å². The van der Waals surface area contributed by atoms with Crippen molar-refractivity contribution in [2.75, 3.05) is 13.1 Å². The molecule has 2 atom stereocenters. The highest BCUT2D eigenvalue weighted by atomic mass is 35.5. The number of nitrogens with zero attached hydrogens (tertiary/aromatic N) is 2. The van der Waals surface area contributed by atoms with E-state index in [1.807, 2.05) is 13.0 Å². The Kier molecular flexibility index (Phi) is 5.54. The number of nitriles is 1. The van der Waals surface area contributed by atoms with Gasteiger partial charge in [0.2, 0.25) is 10.0 Å². The maximum atomic E-state index is 12.3. The minimum absolute atomic E-state index is 0. The minimum atomic E-state index is -3.36. The lowest BCUT2D eigenvalue weighted by Gasteiger charge is -2.16. The fourth-order valence-corrected chi connectivity index (χ4v) is 3.85. The number of rotatable bonds is 3. The van der Waals surface area contributed by atoms with Crippen molar-refractivity contribution in [3.8, 4) is 6.07 Å². The number of hydrogen-bond donors (Lipinski definition) is 1. The molecule has 1 aromatic carbocycles. The Labute approximate surface area is 125 Å². The first-order valence-electron chi connectivity index (χ1n) is 6.15. The first-order valence-corrected chi connectivity index (χ1v) is 7.76. The van der Waals surface area contributed by atoms with Crippen molar-refractivity contribution in [1.29, 1.82) is 5.26 Å². The predicted octanol–water partition coefficient (Wildman–Crippen LogP) is 1.09. The molecule has 1 aliphatic rings. The molecule has 0 aliphatic carbocycles. The Morgan fingerprint density at radius 1 is 1.45 bits per heavy atom. The zero-order valence-electron chi connectivity index (χ0n) is 11.2. The molecule has 0 bridgehead atoms. The zero-order chi connectivity index (χ0) is 14.0. The first kappa shape index (κ1) is 16.9. The van der Waals surface area contributed by atoms with Crippen LogP contribution in [0, 0.1) is 17.2 Å². The van der Waals surface area contributed by atoms with E-state index in [1.54, 1.807) is 24.3 Å². The summed E-state index contributed by atoms with van der Waals surface area (Å²) in [6, 6.07) is 8.59. The van der Waals surface area contributed by atoms with Crippen LogP contribution < -0.4 is 5.73 Å². The molecule has 0 saturated carbocycles. The molecule has 1 aliphatic heterocycles. The van der Waals surface area contributed by atoms with E-state index in [2.05, 4.69) is 0 Å². The highest BCUT2D eigenvalue weighted by molar-refractivity contribution is 7.88. The monoisotopic (exact) mass is 315 g/mol. The van der Waals surface area contributed by atoms with Crippen LogP contribution in [0.15, 0.2) is 24.3 Å². The van der Waals surface area contributed by atoms with Crippen LogP contribution in [-0.4, -0.2) is 31.9 Å². The minimum Gasteiger partial charge on any atom is -0.326 e. The van der Waals surface area contributed by atoms with Crippen LogP contribution in [0.1, 0.15) is 18.1 Å². The number of sulfonamides is 1. The summed E-state index contributed by atoms with van der Waals surface area (Å²) in [5.41, 5.74) is 6.96. The summed E-state index contributed by atoms with van der Waals surface area (Å²) in [5, 5.41) is 8.81. The molecular formula is C13H18ClN3O2S. The number of nitrogens with two attached hydrogens (primary N) is 1. The lowest BCUT2D eigenvalue weighted by atomic mass is 10.1. The molecule has 20 heavy (non-hydrogen) atoms. The largest absolute Gasteiger partial charge is 0.326 e. The molecule has 2 N–H and O–H groups in total. The molecule has 2 rings (SSSR count). The molecule has 1 fully saturated rings. The van der Waals surface area contributed by atoms with Crippen molar-refractivity contribution in [1.82, 2.24) is 4.31 Å². The van der Waals surface area contributed by atoms with Crippen LogP contribution in [0.3, 0.4) is 0 Å². The summed E-state index contributed by atoms with van der Waals surface area (Å²) in [5.74, 6) is 0.0994. The normalized spacial score (nSPS) is 23.1. The second-order valence-corrected chi connectivity index (χ2v) is 7.00. The summed E-state index contributed by atoms with van der Waals surface area (Å²) in [6.45, 7) is 2.80. The average Bonchev–Trinajstić information content (AvgIpc) is 2.70. The van der Waals surface area contributed by atoms with Gasteiger partial charge in [-0.25, -0.2) is 8.42 Å². The molecule has 0 aromatic heterocycles. The Morgan fingerprint density at radius 2 is 2.15 bits per heavy atom. The maximum Gasteiger partial charge on any atom is 0.218 e. The number of benzene rings is 1. The van der Waals surface area contributed by atoms with Gasteiger partial charge in [0.1, 0.15) is 0 Å². The third-order valence-electron chi connectivity index (χ3n) is 3.44. The smallest absolute Gasteiger partial charge is 0.218 e.